The van der Waals surface area contributed by atoms with E-state index in [9.17, 15) is 0 Å². The van der Waals surface area contributed by atoms with Gasteiger partial charge in [0.1, 0.15) is 5.76 Å². The number of furan rings is 1. The zero-order valence-electron chi connectivity index (χ0n) is 7.00. The largest absolute Gasteiger partial charge is 0.469 e. The van der Waals surface area contributed by atoms with Crippen LogP contribution in [0.5, 0.6) is 0 Å². The number of aromatic nitrogens is 1. The monoisotopic (exact) mass is 163 g/mol. The number of hydrogen-bond donors (Lipinski definition) is 0. The van der Waals surface area contributed by atoms with Gasteiger partial charge in [-0.3, -0.25) is 0 Å². The molecule has 0 atom stereocenters. The Morgan fingerprint density at radius 2 is 2.08 bits per heavy atom. The van der Waals surface area contributed by atoms with Crippen LogP contribution in [-0.4, -0.2) is 4.98 Å². The van der Waals surface area contributed by atoms with Gasteiger partial charge in [0.15, 0.2) is 12.2 Å². The van der Waals surface area contributed by atoms with E-state index in [4.69, 9.17) is 8.83 Å². The zero-order valence-corrected chi connectivity index (χ0v) is 7.00. The number of oxazole rings is 1. The Morgan fingerprint density at radius 3 is 2.58 bits per heavy atom. The minimum absolute atomic E-state index is 0.793. The molecule has 3 heteroatoms. The Bertz CT molecular complexity index is 348. The van der Waals surface area contributed by atoms with Crippen molar-refractivity contribution in [3.63, 3.8) is 0 Å². The first-order chi connectivity index (χ1) is 5.79. The van der Waals surface area contributed by atoms with Crippen molar-refractivity contribution in [1.82, 2.24) is 4.98 Å². The zero-order chi connectivity index (χ0) is 8.55. The van der Waals surface area contributed by atoms with E-state index in [2.05, 4.69) is 4.98 Å². The highest BCUT2D eigenvalue weighted by Crippen LogP contribution is 2.26. The van der Waals surface area contributed by atoms with Crippen LogP contribution >= 0.6 is 0 Å². The molecule has 2 heterocycles. The number of hydrogen-bond acceptors (Lipinski definition) is 3. The molecule has 0 saturated heterocycles. The maximum atomic E-state index is 5.22. The highest BCUT2D eigenvalue weighted by atomic mass is 16.3. The van der Waals surface area contributed by atoms with Crippen molar-refractivity contribution >= 4 is 0 Å². The fourth-order valence-corrected chi connectivity index (χ4v) is 1.18. The summed E-state index contributed by atoms with van der Waals surface area (Å²) in [6.45, 7) is 3.81. The third-order valence-corrected chi connectivity index (χ3v) is 1.85. The molecule has 3 nitrogen and oxygen atoms in total. The molecule has 2 rings (SSSR count). The molecule has 0 saturated carbocycles. The number of rotatable bonds is 1. The van der Waals surface area contributed by atoms with E-state index in [0.717, 1.165) is 22.8 Å². The van der Waals surface area contributed by atoms with Crippen LogP contribution in [0, 0.1) is 13.8 Å². The Balaban J connectivity index is 2.57. The van der Waals surface area contributed by atoms with Crippen LogP contribution in [0.3, 0.4) is 0 Å². The smallest absolute Gasteiger partial charge is 0.181 e. The van der Waals surface area contributed by atoms with Crippen molar-refractivity contribution in [3.8, 4) is 11.3 Å². The summed E-state index contributed by atoms with van der Waals surface area (Å²) in [6.07, 6.45) is 3.09. The lowest BCUT2D eigenvalue weighted by Gasteiger charge is -1.92. The number of nitrogens with zero attached hydrogens (tertiary/aromatic N) is 1. The van der Waals surface area contributed by atoms with E-state index in [-0.39, 0.29) is 0 Å². The quantitative estimate of drug-likeness (QED) is 0.648. The van der Waals surface area contributed by atoms with Gasteiger partial charge in [0.05, 0.1) is 17.5 Å². The van der Waals surface area contributed by atoms with Crippen LogP contribution in [0.2, 0.25) is 0 Å². The van der Waals surface area contributed by atoms with Gasteiger partial charge < -0.3 is 8.83 Å². The summed E-state index contributed by atoms with van der Waals surface area (Å²) in [5, 5.41) is 0. The Morgan fingerprint density at radius 1 is 1.25 bits per heavy atom. The van der Waals surface area contributed by atoms with Crippen LogP contribution in [0.15, 0.2) is 27.6 Å². The molecule has 0 spiro atoms. The molecule has 0 aliphatic heterocycles. The maximum Gasteiger partial charge on any atom is 0.181 e. The molecule has 0 unspecified atom stereocenters. The summed E-state index contributed by atoms with van der Waals surface area (Å²) >= 11 is 0. The predicted molar refractivity (Wildman–Crippen MR) is 43.7 cm³/mol. The predicted octanol–water partition coefficient (Wildman–Crippen LogP) is 2.55. The molecule has 62 valence electrons. The molecular weight excluding hydrogens is 154 g/mol. The van der Waals surface area contributed by atoms with E-state index in [0.29, 0.717) is 0 Å². The second-order valence-electron chi connectivity index (χ2n) is 2.66. The highest BCUT2D eigenvalue weighted by molar-refractivity contribution is 5.61. The normalized spacial score (nSPS) is 10.5. The number of aryl methyl sites for hydroxylation is 2. The molecule has 0 radical (unpaired) electrons. The van der Waals surface area contributed by atoms with Crippen molar-refractivity contribution in [2.75, 3.05) is 0 Å². The summed E-state index contributed by atoms with van der Waals surface area (Å²) in [7, 11) is 0. The molecular formula is C9H9NO2. The van der Waals surface area contributed by atoms with E-state index < -0.39 is 0 Å². The van der Waals surface area contributed by atoms with Gasteiger partial charge in [-0.05, 0) is 19.9 Å². The third-order valence-electron chi connectivity index (χ3n) is 1.85. The standard InChI is InChI=1S/C9H9NO2/c1-6-9(12-5-10-6)8-3-4-11-7(8)2/h3-5H,1-2H3. The lowest BCUT2D eigenvalue weighted by atomic mass is 10.2. The van der Waals surface area contributed by atoms with Crippen LogP contribution < -0.4 is 0 Å². The second-order valence-corrected chi connectivity index (χ2v) is 2.66. The second kappa shape index (κ2) is 2.52. The molecule has 0 bridgehead atoms. The Hall–Kier alpha value is -1.51. The summed E-state index contributed by atoms with van der Waals surface area (Å²) < 4.78 is 10.4. The molecule has 0 fully saturated rings. The Kier molecular flexibility index (Phi) is 1.50. The minimum Gasteiger partial charge on any atom is -0.469 e. The van der Waals surface area contributed by atoms with Crippen molar-refractivity contribution in [2.45, 2.75) is 13.8 Å². The summed E-state index contributed by atoms with van der Waals surface area (Å²) in [6, 6.07) is 1.88. The summed E-state index contributed by atoms with van der Waals surface area (Å²) in [4.78, 5) is 4.01. The van der Waals surface area contributed by atoms with Crippen molar-refractivity contribution < 1.29 is 8.83 Å². The van der Waals surface area contributed by atoms with E-state index in [1.807, 2.05) is 19.9 Å². The molecule has 0 aliphatic carbocycles. The molecule has 0 amide bonds. The van der Waals surface area contributed by atoms with Gasteiger partial charge in [0.2, 0.25) is 0 Å². The maximum absolute atomic E-state index is 5.22. The van der Waals surface area contributed by atoms with Crippen LogP contribution in [-0.2, 0) is 0 Å². The van der Waals surface area contributed by atoms with Gasteiger partial charge in [0, 0.05) is 0 Å². The van der Waals surface area contributed by atoms with Crippen molar-refractivity contribution in [3.05, 3.63) is 30.2 Å². The fraction of sp³-hybridized carbons (Fsp3) is 0.222. The SMILES string of the molecule is Cc1ncoc1-c1ccoc1C. The van der Waals surface area contributed by atoms with Gasteiger partial charge >= 0.3 is 0 Å². The van der Waals surface area contributed by atoms with Gasteiger partial charge in [-0.2, -0.15) is 0 Å². The first-order valence-electron chi connectivity index (χ1n) is 3.73. The highest BCUT2D eigenvalue weighted by Gasteiger charge is 2.10. The fourth-order valence-electron chi connectivity index (χ4n) is 1.18. The third kappa shape index (κ3) is 0.942. The molecule has 0 N–H and O–H groups in total. The lowest BCUT2D eigenvalue weighted by Crippen LogP contribution is -1.77. The van der Waals surface area contributed by atoms with Crippen LogP contribution in [0.1, 0.15) is 11.5 Å². The van der Waals surface area contributed by atoms with Gasteiger partial charge in [0.25, 0.3) is 0 Å². The first-order valence-corrected chi connectivity index (χ1v) is 3.73. The van der Waals surface area contributed by atoms with Gasteiger partial charge in [-0.25, -0.2) is 4.98 Å². The van der Waals surface area contributed by atoms with Crippen molar-refractivity contribution in [1.29, 1.82) is 0 Å². The first kappa shape index (κ1) is 7.16. The lowest BCUT2D eigenvalue weighted by molar-refractivity contribution is 0.530. The molecule has 0 aromatic carbocycles. The molecule has 0 aliphatic rings. The van der Waals surface area contributed by atoms with E-state index in [1.165, 1.54) is 6.39 Å². The molecule has 2 aromatic rings. The molecule has 12 heavy (non-hydrogen) atoms. The van der Waals surface area contributed by atoms with Crippen molar-refractivity contribution in [2.24, 2.45) is 0 Å². The summed E-state index contributed by atoms with van der Waals surface area (Å²) in [5.74, 6) is 1.65. The molecule has 2 aromatic heterocycles. The summed E-state index contributed by atoms with van der Waals surface area (Å²) in [5.41, 5.74) is 1.87. The van der Waals surface area contributed by atoms with Crippen LogP contribution in [0.25, 0.3) is 11.3 Å². The Labute approximate surface area is 70.0 Å². The van der Waals surface area contributed by atoms with E-state index in [1.54, 1.807) is 6.26 Å². The van der Waals surface area contributed by atoms with E-state index >= 15 is 0 Å². The van der Waals surface area contributed by atoms with Crippen LogP contribution in [0.4, 0.5) is 0 Å². The minimum atomic E-state index is 0.793. The topological polar surface area (TPSA) is 39.2 Å². The van der Waals surface area contributed by atoms with Gasteiger partial charge in [-0.1, -0.05) is 0 Å². The van der Waals surface area contributed by atoms with Gasteiger partial charge in [-0.15, -0.1) is 0 Å². The average molecular weight is 163 g/mol. The average Bonchev–Trinajstić information content (AvgIpc) is 2.59.